The van der Waals surface area contributed by atoms with Crippen molar-refractivity contribution < 1.29 is 14.3 Å². The molecule has 0 bridgehead atoms. The van der Waals surface area contributed by atoms with Gasteiger partial charge in [-0.15, -0.1) is 0 Å². The van der Waals surface area contributed by atoms with Gasteiger partial charge in [-0.2, -0.15) is 0 Å². The van der Waals surface area contributed by atoms with Crippen LogP contribution in [0.4, 0.5) is 4.79 Å². The summed E-state index contributed by atoms with van der Waals surface area (Å²) in [5.41, 5.74) is -0.462. The molecule has 3 fully saturated rings. The number of alkyl carbamates (subject to hydrolysis) is 1. The van der Waals surface area contributed by atoms with Gasteiger partial charge in [0.2, 0.25) is 0 Å². The molecule has 0 aromatic rings. The molecule has 6 heteroatoms. The minimum Gasteiger partial charge on any atom is -0.444 e. The van der Waals surface area contributed by atoms with Crippen molar-refractivity contribution in [2.75, 3.05) is 19.7 Å². The van der Waals surface area contributed by atoms with Gasteiger partial charge >= 0.3 is 6.09 Å². The molecular formula is C16H29N3O3. The topological polar surface area (TPSA) is 71.6 Å². The van der Waals surface area contributed by atoms with Gasteiger partial charge in [0, 0.05) is 25.1 Å². The third kappa shape index (κ3) is 3.55. The molecule has 2 heterocycles. The van der Waals surface area contributed by atoms with E-state index in [1.54, 1.807) is 0 Å². The quantitative estimate of drug-likeness (QED) is 0.723. The van der Waals surface area contributed by atoms with Gasteiger partial charge in [0.15, 0.2) is 0 Å². The molecule has 0 aromatic heterocycles. The van der Waals surface area contributed by atoms with Crippen LogP contribution in [-0.2, 0) is 9.47 Å². The Morgan fingerprint density at radius 2 is 2.14 bits per heavy atom. The summed E-state index contributed by atoms with van der Waals surface area (Å²) in [6.45, 7) is 8.49. The fourth-order valence-corrected chi connectivity index (χ4v) is 3.80. The van der Waals surface area contributed by atoms with Crippen molar-refractivity contribution in [1.29, 1.82) is 0 Å². The second-order valence-electron chi connectivity index (χ2n) is 7.69. The summed E-state index contributed by atoms with van der Waals surface area (Å²) in [7, 11) is 0. The summed E-state index contributed by atoms with van der Waals surface area (Å²) in [5.74, 6) is 0.418. The number of hydrogen-bond donors (Lipinski definition) is 3. The molecular weight excluding hydrogens is 282 g/mol. The number of fused-ring (bicyclic) bond motifs is 1. The van der Waals surface area contributed by atoms with E-state index in [1.807, 2.05) is 20.8 Å². The zero-order valence-electron chi connectivity index (χ0n) is 13.9. The molecule has 1 aliphatic carbocycles. The van der Waals surface area contributed by atoms with Gasteiger partial charge in [0.05, 0.1) is 18.2 Å². The molecule has 3 aliphatic rings. The highest BCUT2D eigenvalue weighted by Gasteiger charge is 2.54. The molecule has 2 saturated heterocycles. The number of nitrogens with one attached hydrogen (secondary N) is 3. The normalized spacial score (nSPS) is 37.5. The van der Waals surface area contributed by atoms with Gasteiger partial charge in [-0.1, -0.05) is 0 Å². The van der Waals surface area contributed by atoms with Crippen molar-refractivity contribution in [3.8, 4) is 0 Å². The van der Waals surface area contributed by atoms with Gasteiger partial charge in [0.25, 0.3) is 0 Å². The molecule has 0 aromatic carbocycles. The van der Waals surface area contributed by atoms with Gasteiger partial charge in [-0.25, -0.2) is 4.79 Å². The maximum absolute atomic E-state index is 12.0. The summed E-state index contributed by atoms with van der Waals surface area (Å²) in [6.07, 6.45) is 3.40. The Hall–Kier alpha value is -0.850. The number of carbonyl (C=O) groups is 1. The van der Waals surface area contributed by atoms with E-state index in [9.17, 15) is 4.79 Å². The first-order valence-electron chi connectivity index (χ1n) is 8.52. The fraction of sp³-hybridized carbons (Fsp3) is 0.938. The standard InChI is InChI=1S/C16H29N3O3/c1-16(2,3)22-15(20)19-12-11-6-8-21-14(11)13(12)18-9-10-5-4-7-17-10/h10-14,17-18H,4-9H2,1-3H3,(H,19,20). The van der Waals surface area contributed by atoms with E-state index in [-0.39, 0.29) is 24.3 Å². The Balaban J connectivity index is 1.52. The second kappa shape index (κ2) is 6.34. The van der Waals surface area contributed by atoms with Gasteiger partial charge in [0.1, 0.15) is 5.60 Å². The van der Waals surface area contributed by atoms with Crippen LogP contribution >= 0.6 is 0 Å². The molecule has 3 N–H and O–H groups in total. The Bertz CT molecular complexity index is 404. The van der Waals surface area contributed by atoms with Gasteiger partial charge in [-0.05, 0) is 46.6 Å². The molecule has 6 nitrogen and oxygen atoms in total. The maximum Gasteiger partial charge on any atom is 0.407 e. The van der Waals surface area contributed by atoms with E-state index in [0.29, 0.717) is 12.0 Å². The summed E-state index contributed by atoms with van der Waals surface area (Å²) in [4.78, 5) is 12.0. The van der Waals surface area contributed by atoms with E-state index in [0.717, 1.165) is 26.1 Å². The van der Waals surface area contributed by atoms with Crippen molar-refractivity contribution >= 4 is 6.09 Å². The highest BCUT2D eigenvalue weighted by Crippen LogP contribution is 2.39. The van der Waals surface area contributed by atoms with E-state index in [2.05, 4.69) is 16.0 Å². The molecule has 0 radical (unpaired) electrons. The van der Waals surface area contributed by atoms with Crippen LogP contribution in [0.5, 0.6) is 0 Å². The number of hydrogen-bond acceptors (Lipinski definition) is 5. The average molecular weight is 311 g/mol. The minimum atomic E-state index is -0.462. The van der Waals surface area contributed by atoms with Crippen LogP contribution in [0.1, 0.15) is 40.0 Å². The third-order valence-electron chi connectivity index (χ3n) is 4.83. The number of rotatable bonds is 4. The first-order valence-corrected chi connectivity index (χ1v) is 8.52. The summed E-state index contributed by atoms with van der Waals surface area (Å²) in [5, 5.41) is 10.1. The van der Waals surface area contributed by atoms with Gasteiger partial charge in [-0.3, -0.25) is 0 Å². The van der Waals surface area contributed by atoms with Crippen molar-refractivity contribution in [3.05, 3.63) is 0 Å². The van der Waals surface area contributed by atoms with Crippen molar-refractivity contribution in [3.63, 3.8) is 0 Å². The first kappa shape index (κ1) is 16.0. The average Bonchev–Trinajstić information content (AvgIpc) is 3.04. The van der Waals surface area contributed by atoms with Crippen molar-refractivity contribution in [2.24, 2.45) is 5.92 Å². The molecule has 2 aliphatic heterocycles. The predicted octanol–water partition coefficient (Wildman–Crippen LogP) is 1.01. The highest BCUT2D eigenvalue weighted by atomic mass is 16.6. The zero-order chi connectivity index (χ0) is 15.7. The minimum absolute atomic E-state index is 0.115. The Kier molecular flexibility index (Phi) is 4.61. The van der Waals surface area contributed by atoms with E-state index in [1.165, 1.54) is 12.8 Å². The number of carbonyl (C=O) groups excluding carboxylic acids is 1. The number of ether oxygens (including phenoxy) is 2. The first-order chi connectivity index (χ1) is 10.4. The van der Waals surface area contributed by atoms with Crippen molar-refractivity contribution in [2.45, 2.75) is 69.9 Å². The van der Waals surface area contributed by atoms with Crippen LogP contribution in [0, 0.1) is 5.92 Å². The summed E-state index contributed by atoms with van der Waals surface area (Å²) < 4.78 is 11.2. The maximum atomic E-state index is 12.0. The van der Waals surface area contributed by atoms with Crippen LogP contribution < -0.4 is 16.0 Å². The van der Waals surface area contributed by atoms with Crippen LogP contribution in [0.25, 0.3) is 0 Å². The predicted molar refractivity (Wildman–Crippen MR) is 83.8 cm³/mol. The summed E-state index contributed by atoms with van der Waals surface area (Å²) >= 11 is 0. The molecule has 3 rings (SSSR count). The highest BCUT2D eigenvalue weighted by molar-refractivity contribution is 5.68. The molecule has 1 saturated carbocycles. The lowest BCUT2D eigenvalue weighted by molar-refractivity contribution is -0.0341. The van der Waals surface area contributed by atoms with Gasteiger partial charge < -0.3 is 25.4 Å². The lowest BCUT2D eigenvalue weighted by Gasteiger charge is -2.48. The summed E-state index contributed by atoms with van der Waals surface area (Å²) in [6, 6.07) is 0.855. The van der Waals surface area contributed by atoms with E-state index < -0.39 is 5.60 Å². The van der Waals surface area contributed by atoms with Crippen LogP contribution in [0.15, 0.2) is 0 Å². The van der Waals surface area contributed by atoms with Crippen LogP contribution in [0.3, 0.4) is 0 Å². The molecule has 22 heavy (non-hydrogen) atoms. The van der Waals surface area contributed by atoms with Crippen LogP contribution in [0.2, 0.25) is 0 Å². The molecule has 126 valence electrons. The Morgan fingerprint density at radius 1 is 1.32 bits per heavy atom. The molecule has 5 unspecified atom stereocenters. The third-order valence-corrected chi connectivity index (χ3v) is 4.83. The Morgan fingerprint density at radius 3 is 2.82 bits per heavy atom. The lowest BCUT2D eigenvalue weighted by Crippen LogP contribution is -2.71. The van der Waals surface area contributed by atoms with Crippen molar-refractivity contribution in [1.82, 2.24) is 16.0 Å². The monoisotopic (exact) mass is 311 g/mol. The molecule has 5 atom stereocenters. The second-order valence-corrected chi connectivity index (χ2v) is 7.69. The fourth-order valence-electron chi connectivity index (χ4n) is 3.80. The lowest BCUT2D eigenvalue weighted by atomic mass is 9.71. The molecule has 0 spiro atoms. The smallest absolute Gasteiger partial charge is 0.407 e. The Labute approximate surface area is 132 Å². The largest absolute Gasteiger partial charge is 0.444 e. The van der Waals surface area contributed by atoms with Crippen LogP contribution in [-0.4, -0.2) is 55.6 Å². The van der Waals surface area contributed by atoms with E-state index >= 15 is 0 Å². The van der Waals surface area contributed by atoms with E-state index in [4.69, 9.17) is 9.47 Å². The number of amides is 1. The zero-order valence-corrected chi connectivity index (χ0v) is 13.9. The SMILES string of the molecule is CC(C)(C)OC(=O)NC1C2CCOC2C1NCC1CCCN1. The molecule has 1 amide bonds.